The Hall–Kier alpha value is -2.25. The summed E-state index contributed by atoms with van der Waals surface area (Å²) >= 11 is 0. The van der Waals surface area contributed by atoms with Crippen LogP contribution in [0.3, 0.4) is 0 Å². The lowest BCUT2D eigenvalue weighted by Gasteiger charge is -2.09. The molecule has 0 aliphatic heterocycles. The van der Waals surface area contributed by atoms with Gasteiger partial charge in [0, 0.05) is 0 Å². The SMILES string of the molecule is CC1CC(C(=O)O)C(c2nc(-c3cn[nH]n3)no2)C1. The lowest BCUT2D eigenvalue weighted by Crippen LogP contribution is -2.17. The molecule has 2 heterocycles. The molecule has 2 aromatic heterocycles. The average molecular weight is 263 g/mol. The van der Waals surface area contributed by atoms with Crippen LogP contribution < -0.4 is 0 Å². The minimum atomic E-state index is -0.810. The van der Waals surface area contributed by atoms with Gasteiger partial charge in [-0.05, 0) is 18.8 Å². The van der Waals surface area contributed by atoms with Gasteiger partial charge in [-0.1, -0.05) is 12.1 Å². The lowest BCUT2D eigenvalue weighted by atomic mass is 9.96. The molecule has 8 nitrogen and oxygen atoms in total. The van der Waals surface area contributed by atoms with Crippen LogP contribution in [-0.4, -0.2) is 36.6 Å². The van der Waals surface area contributed by atoms with Gasteiger partial charge in [0.05, 0.1) is 18.0 Å². The van der Waals surface area contributed by atoms with Crippen LogP contribution in [0.4, 0.5) is 0 Å². The van der Waals surface area contributed by atoms with Crippen LogP contribution in [0.25, 0.3) is 11.5 Å². The van der Waals surface area contributed by atoms with Crippen LogP contribution in [0, 0.1) is 11.8 Å². The van der Waals surface area contributed by atoms with Crippen molar-refractivity contribution < 1.29 is 14.4 Å². The van der Waals surface area contributed by atoms with E-state index < -0.39 is 11.9 Å². The third-order valence-corrected chi connectivity index (χ3v) is 3.52. The second-order valence-corrected chi connectivity index (χ2v) is 4.94. The summed E-state index contributed by atoms with van der Waals surface area (Å²) in [5, 5.41) is 23.0. The van der Waals surface area contributed by atoms with Gasteiger partial charge in [0.1, 0.15) is 0 Å². The van der Waals surface area contributed by atoms with Crippen molar-refractivity contribution in [2.75, 3.05) is 0 Å². The molecule has 1 fully saturated rings. The maximum Gasteiger partial charge on any atom is 0.307 e. The lowest BCUT2D eigenvalue weighted by molar-refractivity contribution is -0.142. The second kappa shape index (κ2) is 4.45. The van der Waals surface area contributed by atoms with Crippen LogP contribution >= 0.6 is 0 Å². The number of aromatic nitrogens is 5. The number of carboxylic acid groups (broad SMARTS) is 1. The summed E-state index contributed by atoms with van der Waals surface area (Å²) in [6.45, 7) is 2.03. The summed E-state index contributed by atoms with van der Waals surface area (Å²) in [5.41, 5.74) is 0.480. The molecule has 0 bridgehead atoms. The van der Waals surface area contributed by atoms with Crippen molar-refractivity contribution in [2.45, 2.75) is 25.7 Å². The Kier molecular flexibility index (Phi) is 2.77. The van der Waals surface area contributed by atoms with E-state index in [1.165, 1.54) is 6.20 Å². The van der Waals surface area contributed by atoms with Gasteiger partial charge in [0.15, 0.2) is 5.69 Å². The quantitative estimate of drug-likeness (QED) is 0.850. The number of carbonyl (C=O) groups is 1. The summed E-state index contributed by atoms with van der Waals surface area (Å²) in [6, 6.07) is 0. The van der Waals surface area contributed by atoms with Gasteiger partial charge in [-0.3, -0.25) is 4.79 Å². The highest BCUT2D eigenvalue weighted by Crippen LogP contribution is 2.42. The van der Waals surface area contributed by atoms with Crippen LogP contribution in [0.5, 0.6) is 0 Å². The molecule has 2 aromatic rings. The minimum absolute atomic E-state index is 0.222. The van der Waals surface area contributed by atoms with Crippen LogP contribution in [-0.2, 0) is 4.79 Å². The van der Waals surface area contributed by atoms with Crippen molar-refractivity contribution in [3.05, 3.63) is 12.1 Å². The maximum atomic E-state index is 11.2. The first-order valence-electron chi connectivity index (χ1n) is 6.07. The molecule has 0 amide bonds. The van der Waals surface area contributed by atoms with Crippen molar-refractivity contribution in [3.63, 3.8) is 0 Å². The van der Waals surface area contributed by atoms with Gasteiger partial charge in [-0.25, -0.2) is 0 Å². The highest BCUT2D eigenvalue weighted by atomic mass is 16.5. The predicted octanol–water partition coefficient (Wildman–Crippen LogP) is 1.07. The van der Waals surface area contributed by atoms with E-state index in [1.807, 2.05) is 6.92 Å². The first kappa shape index (κ1) is 11.8. The van der Waals surface area contributed by atoms with E-state index in [1.54, 1.807) is 0 Å². The Bertz CT molecular complexity index is 579. The molecular weight excluding hydrogens is 250 g/mol. The number of aromatic amines is 1. The number of H-pyrrole nitrogens is 1. The number of nitrogens with zero attached hydrogens (tertiary/aromatic N) is 4. The topological polar surface area (TPSA) is 118 Å². The zero-order valence-corrected chi connectivity index (χ0v) is 10.3. The normalized spacial score (nSPS) is 26.7. The van der Waals surface area contributed by atoms with Crippen molar-refractivity contribution in [3.8, 4) is 11.5 Å². The van der Waals surface area contributed by atoms with E-state index in [9.17, 15) is 9.90 Å². The molecule has 0 aromatic carbocycles. The summed E-state index contributed by atoms with van der Waals surface area (Å²) in [7, 11) is 0. The molecule has 1 aliphatic carbocycles. The Labute approximate surface area is 108 Å². The predicted molar refractivity (Wildman–Crippen MR) is 61.9 cm³/mol. The van der Waals surface area contributed by atoms with Crippen LogP contribution in [0.1, 0.15) is 31.6 Å². The first-order chi connectivity index (χ1) is 9.15. The van der Waals surface area contributed by atoms with Gasteiger partial charge >= 0.3 is 5.97 Å². The van der Waals surface area contributed by atoms with E-state index >= 15 is 0 Å². The summed E-state index contributed by atoms with van der Waals surface area (Å²) in [4.78, 5) is 15.5. The summed E-state index contributed by atoms with van der Waals surface area (Å²) in [6.07, 6.45) is 2.87. The number of hydrogen-bond acceptors (Lipinski definition) is 6. The maximum absolute atomic E-state index is 11.2. The number of hydrogen-bond donors (Lipinski definition) is 2. The Morgan fingerprint density at radius 2 is 2.37 bits per heavy atom. The number of aliphatic carboxylic acids is 1. The molecule has 3 atom stereocenters. The fraction of sp³-hybridized carbons (Fsp3) is 0.545. The van der Waals surface area contributed by atoms with Crippen molar-refractivity contribution in [1.29, 1.82) is 0 Å². The molecule has 3 rings (SSSR count). The van der Waals surface area contributed by atoms with Gasteiger partial charge in [-0.2, -0.15) is 20.4 Å². The molecule has 100 valence electrons. The van der Waals surface area contributed by atoms with E-state index in [2.05, 4.69) is 25.6 Å². The molecule has 2 N–H and O–H groups in total. The third-order valence-electron chi connectivity index (χ3n) is 3.52. The van der Waals surface area contributed by atoms with E-state index in [-0.39, 0.29) is 5.92 Å². The highest BCUT2D eigenvalue weighted by molar-refractivity contribution is 5.71. The molecule has 0 spiro atoms. The first-order valence-corrected chi connectivity index (χ1v) is 6.07. The van der Waals surface area contributed by atoms with Crippen LogP contribution in [0.15, 0.2) is 10.7 Å². The largest absolute Gasteiger partial charge is 0.481 e. The third kappa shape index (κ3) is 2.09. The zero-order valence-electron chi connectivity index (χ0n) is 10.3. The molecule has 0 radical (unpaired) electrons. The molecular formula is C11H13N5O3. The Morgan fingerprint density at radius 1 is 1.53 bits per heavy atom. The zero-order chi connectivity index (χ0) is 13.4. The Balaban J connectivity index is 1.88. The summed E-state index contributed by atoms with van der Waals surface area (Å²) in [5.74, 6) is -0.451. The fourth-order valence-electron chi connectivity index (χ4n) is 2.64. The average Bonchev–Trinajstić information content (AvgIpc) is 3.07. The van der Waals surface area contributed by atoms with E-state index in [0.29, 0.717) is 29.7 Å². The van der Waals surface area contributed by atoms with Gasteiger partial charge < -0.3 is 9.63 Å². The smallest absolute Gasteiger partial charge is 0.307 e. The molecule has 1 aliphatic rings. The number of nitrogens with one attached hydrogen (secondary N) is 1. The molecule has 1 saturated carbocycles. The van der Waals surface area contributed by atoms with Crippen molar-refractivity contribution >= 4 is 5.97 Å². The molecule has 3 unspecified atom stereocenters. The molecule has 19 heavy (non-hydrogen) atoms. The fourth-order valence-corrected chi connectivity index (χ4v) is 2.64. The summed E-state index contributed by atoms with van der Waals surface area (Å²) < 4.78 is 5.20. The van der Waals surface area contributed by atoms with Gasteiger partial charge in [0.25, 0.3) is 0 Å². The molecule has 8 heteroatoms. The van der Waals surface area contributed by atoms with E-state index in [0.717, 1.165) is 6.42 Å². The van der Waals surface area contributed by atoms with Gasteiger partial charge in [-0.15, -0.1) is 0 Å². The molecule has 0 saturated heterocycles. The minimum Gasteiger partial charge on any atom is -0.481 e. The highest BCUT2D eigenvalue weighted by Gasteiger charge is 2.41. The standard InChI is InChI=1S/C11H13N5O3/c1-5-2-6(7(3-5)11(17)18)10-13-9(15-19-10)8-4-12-16-14-8/h4-7H,2-3H2,1H3,(H,17,18)(H,12,14,16). The second-order valence-electron chi connectivity index (χ2n) is 4.94. The number of rotatable bonds is 3. The monoisotopic (exact) mass is 263 g/mol. The van der Waals surface area contributed by atoms with Crippen molar-refractivity contribution in [2.24, 2.45) is 11.8 Å². The number of carboxylic acids is 1. The van der Waals surface area contributed by atoms with Crippen molar-refractivity contribution in [1.82, 2.24) is 25.6 Å². The van der Waals surface area contributed by atoms with Crippen LogP contribution in [0.2, 0.25) is 0 Å². The van der Waals surface area contributed by atoms with Gasteiger partial charge in [0.2, 0.25) is 11.7 Å². The Morgan fingerprint density at radius 3 is 3.05 bits per heavy atom. The van der Waals surface area contributed by atoms with E-state index in [4.69, 9.17) is 4.52 Å².